The van der Waals surface area contributed by atoms with Gasteiger partial charge in [0.05, 0.1) is 11.2 Å². The number of hydrogen-bond acceptors (Lipinski definition) is 5. The van der Waals surface area contributed by atoms with Gasteiger partial charge in [-0.05, 0) is 31.5 Å². The average molecular weight is 340 g/mol. The lowest BCUT2D eigenvalue weighted by molar-refractivity contribution is 0.0789. The Hall–Kier alpha value is -2.47. The Kier molecular flexibility index (Phi) is 4.76. The fourth-order valence-corrected chi connectivity index (χ4v) is 3.66. The molecule has 1 amide bonds. The second-order valence-electron chi connectivity index (χ2n) is 5.61. The van der Waals surface area contributed by atoms with Crippen molar-refractivity contribution >= 4 is 33.3 Å². The van der Waals surface area contributed by atoms with Crippen molar-refractivity contribution in [1.29, 1.82) is 0 Å². The highest BCUT2D eigenvalue weighted by Gasteiger charge is 2.19. The zero-order chi connectivity index (χ0) is 17.1. The SMILES string of the molecule is CCNc1nc(C)c(C(=O)N(C)Cc2cccc3ncccc23)s1. The number of nitrogens with zero attached hydrogens (tertiary/aromatic N) is 3. The maximum Gasteiger partial charge on any atom is 0.265 e. The molecule has 0 saturated carbocycles. The molecule has 0 atom stereocenters. The first-order chi connectivity index (χ1) is 11.6. The zero-order valence-electron chi connectivity index (χ0n) is 14.0. The highest BCUT2D eigenvalue weighted by molar-refractivity contribution is 7.17. The Morgan fingerprint density at radius 1 is 1.29 bits per heavy atom. The third-order valence-electron chi connectivity index (χ3n) is 3.81. The van der Waals surface area contributed by atoms with Gasteiger partial charge in [-0.1, -0.05) is 29.5 Å². The third-order valence-corrected chi connectivity index (χ3v) is 4.91. The number of hydrogen-bond donors (Lipinski definition) is 1. The van der Waals surface area contributed by atoms with E-state index < -0.39 is 0 Å². The van der Waals surface area contributed by atoms with Gasteiger partial charge in [0.15, 0.2) is 5.13 Å². The van der Waals surface area contributed by atoms with Crippen LogP contribution in [0.15, 0.2) is 36.5 Å². The van der Waals surface area contributed by atoms with Crippen LogP contribution in [0.1, 0.15) is 27.9 Å². The standard InChI is InChI=1S/C18H20N4OS/c1-4-19-18-21-12(2)16(24-18)17(23)22(3)11-13-7-5-9-15-14(13)8-6-10-20-15/h5-10H,4,11H2,1-3H3,(H,19,21). The van der Waals surface area contributed by atoms with E-state index in [4.69, 9.17) is 0 Å². The lowest BCUT2D eigenvalue weighted by atomic mass is 10.1. The monoisotopic (exact) mass is 340 g/mol. The molecule has 0 bridgehead atoms. The molecular weight excluding hydrogens is 320 g/mol. The maximum absolute atomic E-state index is 12.8. The molecule has 124 valence electrons. The van der Waals surface area contributed by atoms with Gasteiger partial charge in [0, 0.05) is 31.7 Å². The Bertz CT molecular complexity index is 869. The molecule has 0 unspecified atom stereocenters. The molecule has 0 spiro atoms. The van der Waals surface area contributed by atoms with Crippen LogP contribution in [-0.2, 0) is 6.54 Å². The fourth-order valence-electron chi connectivity index (χ4n) is 2.63. The number of aromatic nitrogens is 2. The van der Waals surface area contributed by atoms with Crippen LogP contribution in [0.25, 0.3) is 10.9 Å². The topological polar surface area (TPSA) is 58.1 Å². The number of aryl methyl sites for hydroxylation is 1. The van der Waals surface area contributed by atoms with Gasteiger partial charge < -0.3 is 10.2 Å². The van der Waals surface area contributed by atoms with Gasteiger partial charge in [0.1, 0.15) is 4.88 Å². The highest BCUT2D eigenvalue weighted by atomic mass is 32.1. The number of fused-ring (bicyclic) bond motifs is 1. The number of amides is 1. The van der Waals surface area contributed by atoms with Crippen molar-refractivity contribution in [2.75, 3.05) is 18.9 Å². The molecule has 1 aromatic carbocycles. The second-order valence-corrected chi connectivity index (χ2v) is 6.61. The van der Waals surface area contributed by atoms with Crippen LogP contribution >= 0.6 is 11.3 Å². The molecule has 0 saturated heterocycles. The quantitative estimate of drug-likeness (QED) is 0.769. The Morgan fingerprint density at radius 2 is 2.12 bits per heavy atom. The predicted octanol–water partition coefficient (Wildman–Crippen LogP) is 3.70. The largest absolute Gasteiger partial charge is 0.362 e. The van der Waals surface area contributed by atoms with Crippen LogP contribution in [0.5, 0.6) is 0 Å². The van der Waals surface area contributed by atoms with E-state index in [1.807, 2.05) is 51.2 Å². The van der Waals surface area contributed by atoms with Crippen LogP contribution in [0.3, 0.4) is 0 Å². The smallest absolute Gasteiger partial charge is 0.265 e. The first kappa shape index (κ1) is 16.4. The van der Waals surface area contributed by atoms with Crippen molar-refractivity contribution < 1.29 is 4.79 Å². The van der Waals surface area contributed by atoms with Crippen molar-refractivity contribution in [2.24, 2.45) is 0 Å². The summed E-state index contributed by atoms with van der Waals surface area (Å²) in [5, 5.41) is 5.04. The van der Waals surface area contributed by atoms with Gasteiger partial charge in [-0.2, -0.15) is 0 Å². The number of anilines is 1. The molecular formula is C18H20N4OS. The van der Waals surface area contributed by atoms with Gasteiger partial charge in [-0.15, -0.1) is 0 Å². The number of thiazole rings is 1. The summed E-state index contributed by atoms with van der Waals surface area (Å²) in [5.41, 5.74) is 2.80. The van der Waals surface area contributed by atoms with Gasteiger partial charge in [0.25, 0.3) is 5.91 Å². The van der Waals surface area contributed by atoms with Crippen LogP contribution in [0, 0.1) is 6.92 Å². The molecule has 3 rings (SSSR count). The van der Waals surface area contributed by atoms with E-state index in [2.05, 4.69) is 15.3 Å². The van der Waals surface area contributed by atoms with E-state index >= 15 is 0 Å². The van der Waals surface area contributed by atoms with Crippen molar-refractivity contribution in [2.45, 2.75) is 20.4 Å². The van der Waals surface area contributed by atoms with Crippen molar-refractivity contribution in [3.63, 3.8) is 0 Å². The minimum absolute atomic E-state index is 0.00459. The Morgan fingerprint density at radius 3 is 2.92 bits per heavy atom. The normalized spacial score (nSPS) is 10.8. The molecule has 0 fully saturated rings. The summed E-state index contributed by atoms with van der Waals surface area (Å²) in [7, 11) is 1.82. The lowest BCUT2D eigenvalue weighted by Gasteiger charge is -2.17. The van der Waals surface area contributed by atoms with Gasteiger partial charge in [-0.25, -0.2) is 4.98 Å². The Balaban J connectivity index is 1.83. The van der Waals surface area contributed by atoms with Gasteiger partial charge >= 0.3 is 0 Å². The number of benzene rings is 1. The molecule has 2 heterocycles. The summed E-state index contributed by atoms with van der Waals surface area (Å²) in [6, 6.07) is 9.96. The van der Waals surface area contributed by atoms with E-state index in [0.717, 1.165) is 33.8 Å². The van der Waals surface area contributed by atoms with E-state index in [-0.39, 0.29) is 5.91 Å². The highest BCUT2D eigenvalue weighted by Crippen LogP contribution is 2.25. The minimum Gasteiger partial charge on any atom is -0.362 e. The zero-order valence-corrected chi connectivity index (χ0v) is 14.9. The van der Waals surface area contributed by atoms with Crippen molar-refractivity contribution in [3.05, 3.63) is 52.7 Å². The first-order valence-electron chi connectivity index (χ1n) is 7.89. The minimum atomic E-state index is -0.00459. The van der Waals surface area contributed by atoms with E-state index in [0.29, 0.717) is 11.4 Å². The Labute approximate surface area is 145 Å². The molecule has 1 N–H and O–H groups in total. The number of nitrogens with one attached hydrogen (secondary N) is 1. The van der Waals surface area contributed by atoms with Crippen molar-refractivity contribution in [3.8, 4) is 0 Å². The fraction of sp³-hybridized carbons (Fsp3) is 0.278. The summed E-state index contributed by atoms with van der Waals surface area (Å²) >= 11 is 1.41. The van der Waals surface area contributed by atoms with E-state index in [1.165, 1.54) is 11.3 Å². The molecule has 6 heteroatoms. The maximum atomic E-state index is 12.8. The molecule has 5 nitrogen and oxygen atoms in total. The van der Waals surface area contributed by atoms with E-state index in [9.17, 15) is 4.79 Å². The lowest BCUT2D eigenvalue weighted by Crippen LogP contribution is -2.26. The molecule has 0 radical (unpaired) electrons. The molecule has 0 aliphatic heterocycles. The third kappa shape index (κ3) is 3.23. The van der Waals surface area contributed by atoms with Gasteiger partial charge in [-0.3, -0.25) is 9.78 Å². The summed E-state index contributed by atoms with van der Waals surface area (Å²) in [4.78, 5) is 24.0. The number of carbonyl (C=O) groups is 1. The second kappa shape index (κ2) is 6.97. The summed E-state index contributed by atoms with van der Waals surface area (Å²) in [6.45, 7) is 5.22. The van der Waals surface area contributed by atoms with Crippen molar-refractivity contribution in [1.82, 2.24) is 14.9 Å². The molecule has 0 aliphatic rings. The van der Waals surface area contributed by atoms with Crippen LogP contribution in [0.4, 0.5) is 5.13 Å². The predicted molar refractivity (Wildman–Crippen MR) is 98.6 cm³/mol. The average Bonchev–Trinajstić information content (AvgIpc) is 2.95. The number of pyridine rings is 1. The summed E-state index contributed by atoms with van der Waals surface area (Å²) in [5.74, 6) is -0.00459. The number of rotatable bonds is 5. The van der Waals surface area contributed by atoms with Crippen LogP contribution < -0.4 is 5.32 Å². The van der Waals surface area contributed by atoms with Crippen LogP contribution in [0.2, 0.25) is 0 Å². The molecule has 3 aromatic rings. The molecule has 0 aliphatic carbocycles. The van der Waals surface area contributed by atoms with E-state index in [1.54, 1.807) is 11.1 Å². The summed E-state index contributed by atoms with van der Waals surface area (Å²) < 4.78 is 0. The molecule has 2 aromatic heterocycles. The first-order valence-corrected chi connectivity index (χ1v) is 8.71. The summed E-state index contributed by atoms with van der Waals surface area (Å²) in [6.07, 6.45) is 1.78. The molecule has 24 heavy (non-hydrogen) atoms. The number of carbonyl (C=O) groups excluding carboxylic acids is 1. The van der Waals surface area contributed by atoms with Gasteiger partial charge in [0.2, 0.25) is 0 Å². The van der Waals surface area contributed by atoms with Crippen LogP contribution in [-0.4, -0.2) is 34.4 Å².